The number of carbonyl (C=O) groups excluding carboxylic acids is 1. The van der Waals surface area contributed by atoms with Gasteiger partial charge in [-0.25, -0.2) is 0 Å². The summed E-state index contributed by atoms with van der Waals surface area (Å²) >= 11 is 0. The molecule has 0 unspecified atom stereocenters. The maximum Gasteiger partial charge on any atom is 0.197 e. The molecule has 0 bridgehead atoms. The number of ketones is 1. The summed E-state index contributed by atoms with van der Waals surface area (Å²) in [6, 6.07) is 13.3. The molecule has 2 aromatic carbocycles. The van der Waals surface area contributed by atoms with Crippen LogP contribution in [-0.2, 0) is 6.61 Å². The van der Waals surface area contributed by atoms with Crippen molar-refractivity contribution < 1.29 is 9.53 Å². The average molecular weight is 284 g/mol. The Morgan fingerprint density at radius 3 is 2.29 bits per heavy atom. The van der Waals surface area contributed by atoms with Crippen LogP contribution >= 0.6 is 0 Å². The van der Waals surface area contributed by atoms with Crippen LogP contribution in [0, 0.1) is 6.92 Å². The molecule has 0 aromatic heterocycles. The number of fused-ring (bicyclic) bond motifs is 2. The van der Waals surface area contributed by atoms with Gasteiger partial charge in [0.25, 0.3) is 0 Å². The molecule has 0 radical (unpaired) electrons. The summed E-state index contributed by atoms with van der Waals surface area (Å²) in [5.41, 5.74) is 3.43. The van der Waals surface area contributed by atoms with Crippen LogP contribution in [0.4, 0.5) is 0 Å². The summed E-state index contributed by atoms with van der Waals surface area (Å²) in [6.45, 7) is 10.4. The molecule has 1 heterocycles. The molecule has 0 atom stereocenters. The zero-order valence-electron chi connectivity index (χ0n) is 13.6. The molecule has 21 heavy (non-hydrogen) atoms. The Morgan fingerprint density at radius 1 is 0.905 bits per heavy atom. The van der Waals surface area contributed by atoms with Gasteiger partial charge in [-0.05, 0) is 19.1 Å². The zero-order chi connectivity index (χ0) is 15.8. The fourth-order valence-corrected chi connectivity index (χ4v) is 2.12. The molecule has 3 rings (SSSR count). The van der Waals surface area contributed by atoms with Crippen LogP contribution in [0.3, 0.4) is 0 Å². The summed E-state index contributed by atoms with van der Waals surface area (Å²) in [5.74, 6) is 0.730. The lowest BCUT2D eigenvalue weighted by atomic mass is 9.98. The molecule has 0 N–H and O–H groups in total. The summed E-state index contributed by atoms with van der Waals surface area (Å²) in [5, 5.41) is 0. The van der Waals surface area contributed by atoms with E-state index in [0.29, 0.717) is 17.9 Å². The molecule has 1 aliphatic heterocycles. The summed E-state index contributed by atoms with van der Waals surface area (Å²) < 4.78 is 5.68. The fourth-order valence-electron chi connectivity index (χ4n) is 2.12. The van der Waals surface area contributed by atoms with Crippen LogP contribution in [0.1, 0.15) is 54.7 Å². The van der Waals surface area contributed by atoms with Gasteiger partial charge in [-0.2, -0.15) is 0 Å². The molecule has 0 spiro atoms. The number of hydrogen-bond donors (Lipinski definition) is 0. The van der Waals surface area contributed by atoms with Crippen LogP contribution in [0.15, 0.2) is 42.5 Å². The van der Waals surface area contributed by atoms with E-state index >= 15 is 0 Å². The summed E-state index contributed by atoms with van der Waals surface area (Å²) in [7, 11) is 0. The lowest BCUT2D eigenvalue weighted by Crippen LogP contribution is -2.02. The van der Waals surface area contributed by atoms with E-state index in [1.54, 1.807) is 0 Å². The Kier molecular flexibility index (Phi) is 6.67. The van der Waals surface area contributed by atoms with Gasteiger partial charge < -0.3 is 4.74 Å². The minimum absolute atomic E-state index is 0.0526. The lowest BCUT2D eigenvalue weighted by Gasteiger charge is -2.06. The van der Waals surface area contributed by atoms with Crippen LogP contribution in [0.2, 0.25) is 0 Å². The quantitative estimate of drug-likeness (QED) is 0.667. The molecular weight excluding hydrogens is 260 g/mol. The average Bonchev–Trinajstić information content (AvgIpc) is 2.69. The monoisotopic (exact) mass is 284 g/mol. The molecule has 0 aliphatic carbocycles. The molecule has 0 saturated heterocycles. The van der Waals surface area contributed by atoms with Crippen molar-refractivity contribution in [2.45, 2.75) is 41.2 Å². The maximum atomic E-state index is 12.4. The fraction of sp³-hybridized carbons (Fsp3) is 0.316. The standard InChI is InChI=1S/C15H12O2.2C2H6/c1-10-6-7-14-13(8-10)15(16)12-5-3-2-4-11(12)9-17-14;2*1-2/h2-8H,9H2,1H3;2*1-2H3. The zero-order valence-corrected chi connectivity index (χ0v) is 13.6. The SMILES string of the molecule is CC.CC.Cc1ccc2c(c1)C(=O)c1ccccc1CO2. The van der Waals surface area contributed by atoms with Crippen LogP contribution < -0.4 is 4.74 Å². The van der Waals surface area contributed by atoms with Crippen LogP contribution in [0.5, 0.6) is 5.75 Å². The van der Waals surface area contributed by atoms with Gasteiger partial charge in [0, 0.05) is 11.1 Å². The van der Waals surface area contributed by atoms with Crippen molar-refractivity contribution in [3.8, 4) is 5.75 Å². The van der Waals surface area contributed by atoms with Crippen molar-refractivity contribution in [3.63, 3.8) is 0 Å². The highest BCUT2D eigenvalue weighted by molar-refractivity contribution is 6.12. The van der Waals surface area contributed by atoms with Crippen molar-refractivity contribution in [1.82, 2.24) is 0 Å². The first kappa shape index (κ1) is 17.0. The second kappa shape index (κ2) is 8.25. The predicted molar refractivity (Wildman–Crippen MR) is 88.1 cm³/mol. The van der Waals surface area contributed by atoms with Gasteiger partial charge in [0.1, 0.15) is 12.4 Å². The molecule has 0 amide bonds. The van der Waals surface area contributed by atoms with Crippen molar-refractivity contribution in [1.29, 1.82) is 0 Å². The van der Waals surface area contributed by atoms with E-state index in [-0.39, 0.29) is 5.78 Å². The molecule has 0 fully saturated rings. The minimum atomic E-state index is 0.0526. The summed E-state index contributed by atoms with van der Waals surface area (Å²) in [6.07, 6.45) is 0. The normalized spacial score (nSPS) is 11.4. The Morgan fingerprint density at radius 2 is 1.57 bits per heavy atom. The van der Waals surface area contributed by atoms with Gasteiger partial charge in [0.05, 0.1) is 5.56 Å². The maximum absolute atomic E-state index is 12.4. The van der Waals surface area contributed by atoms with Gasteiger partial charge in [-0.1, -0.05) is 63.6 Å². The van der Waals surface area contributed by atoms with Crippen molar-refractivity contribution in [2.24, 2.45) is 0 Å². The molecule has 2 heteroatoms. The molecule has 1 aliphatic rings. The first-order valence-corrected chi connectivity index (χ1v) is 7.62. The number of carbonyl (C=O) groups is 1. The highest BCUT2D eigenvalue weighted by atomic mass is 16.5. The minimum Gasteiger partial charge on any atom is -0.488 e. The Bertz CT molecular complexity index is 600. The van der Waals surface area contributed by atoms with Crippen LogP contribution in [0.25, 0.3) is 0 Å². The van der Waals surface area contributed by atoms with Gasteiger partial charge in [-0.3, -0.25) is 4.79 Å². The van der Waals surface area contributed by atoms with Crippen LogP contribution in [-0.4, -0.2) is 5.78 Å². The second-order valence-corrected chi connectivity index (χ2v) is 4.27. The number of aryl methyl sites for hydroxylation is 1. The van der Waals surface area contributed by atoms with E-state index < -0.39 is 0 Å². The van der Waals surface area contributed by atoms with E-state index in [2.05, 4.69) is 0 Å². The van der Waals surface area contributed by atoms with Gasteiger partial charge in [0.15, 0.2) is 5.78 Å². The van der Waals surface area contributed by atoms with E-state index in [4.69, 9.17) is 4.74 Å². The first-order chi connectivity index (χ1) is 10.3. The molecule has 2 aromatic rings. The lowest BCUT2D eigenvalue weighted by molar-refractivity contribution is 0.103. The molecular formula is C19H24O2. The van der Waals surface area contributed by atoms with Crippen molar-refractivity contribution in [3.05, 3.63) is 64.7 Å². The van der Waals surface area contributed by atoms with E-state index in [0.717, 1.165) is 16.7 Å². The summed E-state index contributed by atoms with van der Waals surface area (Å²) in [4.78, 5) is 12.4. The number of rotatable bonds is 0. The third kappa shape index (κ3) is 3.72. The van der Waals surface area contributed by atoms with Gasteiger partial charge in [0.2, 0.25) is 0 Å². The predicted octanol–water partition coefficient (Wildman–Crippen LogP) is 5.17. The highest BCUT2D eigenvalue weighted by Crippen LogP contribution is 2.28. The van der Waals surface area contributed by atoms with Gasteiger partial charge >= 0.3 is 0 Å². The Hall–Kier alpha value is -2.09. The third-order valence-corrected chi connectivity index (χ3v) is 3.02. The van der Waals surface area contributed by atoms with E-state index in [1.165, 1.54) is 0 Å². The largest absolute Gasteiger partial charge is 0.488 e. The first-order valence-electron chi connectivity index (χ1n) is 7.62. The van der Waals surface area contributed by atoms with E-state index in [9.17, 15) is 4.79 Å². The topological polar surface area (TPSA) is 26.3 Å². The van der Waals surface area contributed by atoms with Crippen molar-refractivity contribution in [2.75, 3.05) is 0 Å². The Balaban J connectivity index is 0.000000510. The third-order valence-electron chi connectivity index (χ3n) is 3.02. The second-order valence-electron chi connectivity index (χ2n) is 4.27. The van der Waals surface area contributed by atoms with Gasteiger partial charge in [-0.15, -0.1) is 0 Å². The highest BCUT2D eigenvalue weighted by Gasteiger charge is 2.21. The number of ether oxygens (including phenoxy) is 1. The van der Waals surface area contributed by atoms with Crippen molar-refractivity contribution >= 4 is 5.78 Å². The van der Waals surface area contributed by atoms with E-state index in [1.807, 2.05) is 77.1 Å². The Labute approximate surface area is 127 Å². The molecule has 0 saturated carbocycles. The number of hydrogen-bond acceptors (Lipinski definition) is 2. The molecule has 112 valence electrons. The number of benzene rings is 2. The molecule has 2 nitrogen and oxygen atoms in total. The smallest absolute Gasteiger partial charge is 0.197 e.